The van der Waals surface area contributed by atoms with E-state index in [1.807, 2.05) is 24.3 Å². The van der Waals surface area contributed by atoms with Gasteiger partial charge >= 0.3 is 0 Å². The van der Waals surface area contributed by atoms with Crippen LogP contribution < -0.4 is 4.74 Å². The molecule has 1 aromatic rings. The molecular formula is C16H22O3. The minimum atomic E-state index is 0.339. The lowest BCUT2D eigenvalue weighted by Gasteiger charge is -2.14. The van der Waals surface area contributed by atoms with Gasteiger partial charge in [-0.3, -0.25) is 0 Å². The molecule has 19 heavy (non-hydrogen) atoms. The Kier molecular flexibility index (Phi) is 5.92. The van der Waals surface area contributed by atoms with Gasteiger partial charge in [0.2, 0.25) is 0 Å². The highest BCUT2D eigenvalue weighted by atomic mass is 16.5. The number of allylic oxidation sites excluding steroid dienone is 1. The summed E-state index contributed by atoms with van der Waals surface area (Å²) in [5.41, 5.74) is 1.17. The van der Waals surface area contributed by atoms with Gasteiger partial charge in [-0.15, -0.1) is 0 Å². The number of methoxy groups -OCH3 is 1. The summed E-state index contributed by atoms with van der Waals surface area (Å²) in [6, 6.07) is 7.98. The molecule has 0 radical (unpaired) electrons. The normalized spacial score (nSPS) is 19.1. The maximum absolute atomic E-state index is 5.70. The van der Waals surface area contributed by atoms with E-state index in [9.17, 15) is 0 Å². The molecule has 1 atom stereocenters. The Morgan fingerprint density at radius 3 is 2.84 bits per heavy atom. The van der Waals surface area contributed by atoms with Crippen LogP contribution >= 0.6 is 0 Å². The van der Waals surface area contributed by atoms with E-state index in [0.29, 0.717) is 12.7 Å². The van der Waals surface area contributed by atoms with Crippen molar-refractivity contribution in [2.24, 2.45) is 0 Å². The van der Waals surface area contributed by atoms with Crippen LogP contribution in [0.3, 0.4) is 0 Å². The SMILES string of the molecule is COc1ccc(COCCC2CCC=CCO2)cc1. The molecule has 0 aromatic heterocycles. The molecular weight excluding hydrogens is 240 g/mol. The van der Waals surface area contributed by atoms with E-state index in [1.54, 1.807) is 7.11 Å². The zero-order valence-electron chi connectivity index (χ0n) is 11.5. The molecule has 1 aromatic carbocycles. The first-order chi connectivity index (χ1) is 9.38. The average molecular weight is 262 g/mol. The number of hydrogen-bond acceptors (Lipinski definition) is 3. The third-order valence-electron chi connectivity index (χ3n) is 3.26. The van der Waals surface area contributed by atoms with Crippen molar-refractivity contribution in [3.8, 4) is 5.75 Å². The van der Waals surface area contributed by atoms with Gasteiger partial charge < -0.3 is 14.2 Å². The summed E-state index contributed by atoms with van der Waals surface area (Å²) in [6.07, 6.45) is 7.81. The van der Waals surface area contributed by atoms with E-state index in [4.69, 9.17) is 14.2 Å². The number of ether oxygens (including phenoxy) is 3. The summed E-state index contributed by atoms with van der Waals surface area (Å²) in [5, 5.41) is 0. The highest BCUT2D eigenvalue weighted by Gasteiger charge is 2.09. The van der Waals surface area contributed by atoms with Crippen LogP contribution in [0.5, 0.6) is 5.75 Å². The molecule has 3 heteroatoms. The standard InChI is InChI=1S/C16H22O3/c1-17-15-8-6-14(7-9-15)13-18-12-10-16-5-3-2-4-11-19-16/h2,4,6-9,16H,3,5,10-13H2,1H3. The Bertz CT molecular complexity index is 373. The van der Waals surface area contributed by atoms with E-state index < -0.39 is 0 Å². The highest BCUT2D eigenvalue weighted by molar-refractivity contribution is 5.26. The summed E-state index contributed by atoms with van der Waals surface area (Å²) in [7, 11) is 1.67. The second-order valence-electron chi connectivity index (χ2n) is 4.69. The zero-order valence-corrected chi connectivity index (χ0v) is 11.5. The molecule has 0 N–H and O–H groups in total. The van der Waals surface area contributed by atoms with Gasteiger partial charge in [0.15, 0.2) is 0 Å². The molecule has 0 saturated heterocycles. The van der Waals surface area contributed by atoms with Crippen LogP contribution in [0.2, 0.25) is 0 Å². The predicted molar refractivity (Wildman–Crippen MR) is 75.4 cm³/mol. The summed E-state index contributed by atoms with van der Waals surface area (Å²) in [5.74, 6) is 0.878. The Morgan fingerprint density at radius 2 is 2.05 bits per heavy atom. The monoisotopic (exact) mass is 262 g/mol. The molecule has 3 nitrogen and oxygen atoms in total. The van der Waals surface area contributed by atoms with Gasteiger partial charge in [0.25, 0.3) is 0 Å². The lowest BCUT2D eigenvalue weighted by molar-refractivity contribution is 0.0298. The molecule has 1 heterocycles. The third kappa shape index (κ3) is 5.05. The van der Waals surface area contributed by atoms with Gasteiger partial charge in [0, 0.05) is 6.61 Å². The molecule has 0 aliphatic carbocycles. The zero-order chi connectivity index (χ0) is 13.3. The van der Waals surface area contributed by atoms with E-state index in [0.717, 1.165) is 38.2 Å². The van der Waals surface area contributed by atoms with Crippen LogP contribution in [0.4, 0.5) is 0 Å². The van der Waals surface area contributed by atoms with Crippen molar-refractivity contribution < 1.29 is 14.2 Å². The molecule has 0 fully saturated rings. The van der Waals surface area contributed by atoms with Crippen LogP contribution in [-0.4, -0.2) is 26.4 Å². The first-order valence-electron chi connectivity index (χ1n) is 6.86. The highest BCUT2D eigenvalue weighted by Crippen LogP contribution is 2.14. The molecule has 0 saturated carbocycles. The Balaban J connectivity index is 1.63. The number of hydrogen-bond donors (Lipinski definition) is 0. The van der Waals surface area contributed by atoms with Crippen molar-refractivity contribution in [1.29, 1.82) is 0 Å². The molecule has 0 amide bonds. The molecule has 1 unspecified atom stereocenters. The second-order valence-corrected chi connectivity index (χ2v) is 4.69. The smallest absolute Gasteiger partial charge is 0.118 e. The molecule has 0 spiro atoms. The summed E-state index contributed by atoms with van der Waals surface area (Å²) < 4.78 is 16.5. The van der Waals surface area contributed by atoms with Crippen LogP contribution in [0.25, 0.3) is 0 Å². The van der Waals surface area contributed by atoms with E-state index in [2.05, 4.69) is 12.2 Å². The minimum absolute atomic E-state index is 0.339. The van der Waals surface area contributed by atoms with Crippen LogP contribution in [0.15, 0.2) is 36.4 Å². The van der Waals surface area contributed by atoms with Crippen molar-refractivity contribution in [3.63, 3.8) is 0 Å². The van der Waals surface area contributed by atoms with Gasteiger partial charge in [-0.1, -0.05) is 24.3 Å². The summed E-state index contributed by atoms with van der Waals surface area (Å²) in [4.78, 5) is 0. The van der Waals surface area contributed by atoms with Crippen LogP contribution in [0.1, 0.15) is 24.8 Å². The van der Waals surface area contributed by atoms with Crippen molar-refractivity contribution in [1.82, 2.24) is 0 Å². The quantitative estimate of drug-likeness (QED) is 0.581. The van der Waals surface area contributed by atoms with Crippen LogP contribution in [0, 0.1) is 0 Å². The topological polar surface area (TPSA) is 27.7 Å². The largest absolute Gasteiger partial charge is 0.497 e. The third-order valence-corrected chi connectivity index (χ3v) is 3.26. The van der Waals surface area contributed by atoms with E-state index in [1.165, 1.54) is 5.56 Å². The Hall–Kier alpha value is -1.32. The maximum atomic E-state index is 5.70. The summed E-state index contributed by atoms with van der Waals surface area (Å²) in [6.45, 7) is 2.13. The fourth-order valence-corrected chi connectivity index (χ4v) is 2.10. The van der Waals surface area contributed by atoms with Crippen LogP contribution in [-0.2, 0) is 16.1 Å². The molecule has 0 bridgehead atoms. The fraction of sp³-hybridized carbons (Fsp3) is 0.500. The predicted octanol–water partition coefficient (Wildman–Crippen LogP) is 3.34. The lowest BCUT2D eigenvalue weighted by Crippen LogP contribution is -2.14. The average Bonchev–Trinajstić information content (AvgIpc) is 2.73. The van der Waals surface area contributed by atoms with E-state index in [-0.39, 0.29) is 0 Å². The number of rotatable bonds is 6. The molecule has 1 aliphatic heterocycles. The van der Waals surface area contributed by atoms with Gasteiger partial charge in [-0.05, 0) is 37.0 Å². The Labute approximate surface area is 115 Å². The van der Waals surface area contributed by atoms with Crippen molar-refractivity contribution in [2.45, 2.75) is 32.0 Å². The summed E-state index contributed by atoms with van der Waals surface area (Å²) >= 11 is 0. The second kappa shape index (κ2) is 7.97. The van der Waals surface area contributed by atoms with Gasteiger partial charge in [0.05, 0.1) is 26.4 Å². The van der Waals surface area contributed by atoms with Crippen molar-refractivity contribution in [2.75, 3.05) is 20.3 Å². The van der Waals surface area contributed by atoms with Crippen molar-refractivity contribution >= 4 is 0 Å². The van der Waals surface area contributed by atoms with Gasteiger partial charge in [-0.25, -0.2) is 0 Å². The Morgan fingerprint density at radius 1 is 1.21 bits per heavy atom. The molecule has 104 valence electrons. The number of benzene rings is 1. The first-order valence-corrected chi connectivity index (χ1v) is 6.86. The molecule has 1 aliphatic rings. The maximum Gasteiger partial charge on any atom is 0.118 e. The van der Waals surface area contributed by atoms with Gasteiger partial charge in [0.1, 0.15) is 5.75 Å². The van der Waals surface area contributed by atoms with Crippen molar-refractivity contribution in [3.05, 3.63) is 42.0 Å². The van der Waals surface area contributed by atoms with Gasteiger partial charge in [-0.2, -0.15) is 0 Å². The van der Waals surface area contributed by atoms with E-state index >= 15 is 0 Å². The fourth-order valence-electron chi connectivity index (χ4n) is 2.10. The first kappa shape index (κ1) is 14.1. The lowest BCUT2D eigenvalue weighted by atomic mass is 10.1. The minimum Gasteiger partial charge on any atom is -0.497 e. The molecule has 2 rings (SSSR count).